The third-order valence-corrected chi connectivity index (χ3v) is 3.70. The van der Waals surface area contributed by atoms with Gasteiger partial charge in [0.15, 0.2) is 0 Å². The lowest BCUT2D eigenvalue weighted by Gasteiger charge is -2.13. The zero-order chi connectivity index (χ0) is 16.3. The molecule has 0 fully saturated rings. The van der Waals surface area contributed by atoms with Gasteiger partial charge in [-0.25, -0.2) is 9.07 Å². The van der Waals surface area contributed by atoms with Crippen molar-refractivity contribution in [3.8, 4) is 5.69 Å². The molecule has 5 nitrogen and oxygen atoms in total. The first-order valence-corrected chi connectivity index (χ1v) is 7.28. The maximum atomic E-state index is 13.0. The number of carbonyl (C=O) groups excluding carboxylic acids is 1. The fourth-order valence-corrected chi connectivity index (χ4v) is 2.40. The van der Waals surface area contributed by atoms with E-state index in [0.717, 1.165) is 0 Å². The van der Waals surface area contributed by atoms with E-state index in [1.54, 1.807) is 6.92 Å². The standard InChI is InChI=1S/C15H17ClFN3O2/c1-3-11(8-21)18-15(22)13-9(2)19-20(14(13)16)12-6-4-10(17)5-7-12/h4-7,11,21H,3,8H2,1-2H3,(H,18,22). The number of rotatable bonds is 5. The van der Waals surface area contributed by atoms with Gasteiger partial charge in [-0.3, -0.25) is 4.79 Å². The second-order valence-electron chi connectivity index (χ2n) is 4.90. The van der Waals surface area contributed by atoms with E-state index in [2.05, 4.69) is 10.4 Å². The van der Waals surface area contributed by atoms with Crippen molar-refractivity contribution in [3.63, 3.8) is 0 Å². The molecular formula is C15H17ClFN3O2. The first-order chi connectivity index (χ1) is 10.5. The summed E-state index contributed by atoms with van der Waals surface area (Å²) >= 11 is 6.25. The number of aliphatic hydroxyl groups excluding tert-OH is 1. The van der Waals surface area contributed by atoms with Gasteiger partial charge in [0.05, 0.1) is 29.6 Å². The van der Waals surface area contributed by atoms with Gasteiger partial charge in [0, 0.05) is 0 Å². The molecule has 0 aliphatic rings. The summed E-state index contributed by atoms with van der Waals surface area (Å²) in [6.07, 6.45) is 0.602. The molecule has 0 bridgehead atoms. The van der Waals surface area contributed by atoms with Gasteiger partial charge in [0.25, 0.3) is 5.91 Å². The SMILES string of the molecule is CCC(CO)NC(=O)c1c(C)nn(-c2ccc(F)cc2)c1Cl. The Morgan fingerprint density at radius 3 is 2.64 bits per heavy atom. The van der Waals surface area contributed by atoms with Crippen molar-refractivity contribution in [2.75, 3.05) is 6.61 Å². The van der Waals surface area contributed by atoms with Gasteiger partial charge in [0.2, 0.25) is 0 Å². The number of amides is 1. The first-order valence-electron chi connectivity index (χ1n) is 6.90. The molecule has 0 saturated heterocycles. The van der Waals surface area contributed by atoms with Crippen molar-refractivity contribution < 1.29 is 14.3 Å². The molecule has 1 aromatic carbocycles. The average Bonchev–Trinajstić information content (AvgIpc) is 2.80. The lowest BCUT2D eigenvalue weighted by Crippen LogP contribution is -2.37. The summed E-state index contributed by atoms with van der Waals surface area (Å²) in [6.45, 7) is 3.38. The molecule has 1 unspecified atom stereocenters. The largest absolute Gasteiger partial charge is 0.394 e. The molecule has 7 heteroatoms. The van der Waals surface area contributed by atoms with Crippen molar-refractivity contribution in [2.24, 2.45) is 0 Å². The van der Waals surface area contributed by atoms with Crippen LogP contribution in [0.15, 0.2) is 24.3 Å². The van der Waals surface area contributed by atoms with Crippen LogP contribution in [0.2, 0.25) is 5.15 Å². The quantitative estimate of drug-likeness (QED) is 0.887. The molecule has 118 valence electrons. The van der Waals surface area contributed by atoms with Crippen LogP contribution in [0.1, 0.15) is 29.4 Å². The number of aliphatic hydroxyl groups is 1. The maximum absolute atomic E-state index is 13.0. The Labute approximate surface area is 132 Å². The van der Waals surface area contributed by atoms with Gasteiger partial charge in [0.1, 0.15) is 11.0 Å². The molecule has 0 aliphatic heterocycles. The Kier molecular flexibility index (Phi) is 5.15. The number of nitrogens with one attached hydrogen (secondary N) is 1. The summed E-state index contributed by atoms with van der Waals surface area (Å²) in [5.74, 6) is -0.757. The summed E-state index contributed by atoms with van der Waals surface area (Å²) < 4.78 is 14.4. The molecular weight excluding hydrogens is 309 g/mol. The predicted molar refractivity (Wildman–Crippen MR) is 81.9 cm³/mol. The zero-order valence-corrected chi connectivity index (χ0v) is 13.1. The molecule has 2 N–H and O–H groups in total. The molecule has 0 spiro atoms. The number of hydrogen-bond donors (Lipinski definition) is 2. The van der Waals surface area contributed by atoms with E-state index in [4.69, 9.17) is 16.7 Å². The van der Waals surface area contributed by atoms with E-state index in [1.165, 1.54) is 28.9 Å². The van der Waals surface area contributed by atoms with Crippen molar-refractivity contribution >= 4 is 17.5 Å². The second kappa shape index (κ2) is 6.89. The Morgan fingerprint density at radius 1 is 1.45 bits per heavy atom. The third-order valence-electron chi connectivity index (χ3n) is 3.35. The lowest BCUT2D eigenvalue weighted by molar-refractivity contribution is 0.0914. The summed E-state index contributed by atoms with van der Waals surface area (Å²) in [5.41, 5.74) is 1.26. The van der Waals surface area contributed by atoms with Gasteiger partial charge < -0.3 is 10.4 Å². The normalized spacial score (nSPS) is 12.2. The van der Waals surface area contributed by atoms with Crippen LogP contribution in [0, 0.1) is 12.7 Å². The average molecular weight is 326 g/mol. The van der Waals surface area contributed by atoms with Gasteiger partial charge in [-0.1, -0.05) is 18.5 Å². The monoisotopic (exact) mass is 325 g/mol. The number of benzene rings is 1. The summed E-state index contributed by atoms with van der Waals surface area (Å²) in [5, 5.41) is 16.2. The molecule has 1 amide bonds. The van der Waals surface area contributed by atoms with Gasteiger partial charge >= 0.3 is 0 Å². The second-order valence-corrected chi connectivity index (χ2v) is 5.26. The van der Waals surface area contributed by atoms with Gasteiger partial charge in [-0.15, -0.1) is 0 Å². The number of hydrogen-bond acceptors (Lipinski definition) is 3. The minimum Gasteiger partial charge on any atom is -0.394 e. The van der Waals surface area contributed by atoms with Crippen LogP contribution < -0.4 is 5.32 Å². The Hall–Kier alpha value is -1.92. The molecule has 1 aromatic heterocycles. The summed E-state index contributed by atoms with van der Waals surface area (Å²) in [4.78, 5) is 12.3. The number of nitrogens with zero attached hydrogens (tertiary/aromatic N) is 2. The van der Waals surface area contributed by atoms with Crippen LogP contribution in [0.3, 0.4) is 0 Å². The molecule has 0 aliphatic carbocycles. The number of carbonyl (C=O) groups is 1. The Balaban J connectivity index is 2.34. The Bertz CT molecular complexity index is 666. The number of aromatic nitrogens is 2. The highest BCUT2D eigenvalue weighted by Gasteiger charge is 2.22. The smallest absolute Gasteiger partial charge is 0.256 e. The van der Waals surface area contributed by atoms with Gasteiger partial charge in [-0.05, 0) is 37.6 Å². The number of aryl methyl sites for hydroxylation is 1. The third kappa shape index (κ3) is 3.28. The van der Waals surface area contributed by atoms with Crippen LogP contribution in [0.4, 0.5) is 4.39 Å². The van der Waals surface area contributed by atoms with Crippen LogP contribution >= 0.6 is 11.6 Å². The van der Waals surface area contributed by atoms with Crippen molar-refractivity contribution in [1.29, 1.82) is 0 Å². The maximum Gasteiger partial charge on any atom is 0.256 e. The fraction of sp³-hybridized carbons (Fsp3) is 0.333. The minimum atomic E-state index is -0.392. The van der Waals surface area contributed by atoms with Crippen LogP contribution in [0.5, 0.6) is 0 Å². The molecule has 1 atom stereocenters. The van der Waals surface area contributed by atoms with Crippen molar-refractivity contribution in [3.05, 3.63) is 46.5 Å². The summed E-state index contributed by atoms with van der Waals surface area (Å²) in [6, 6.07) is 5.30. The first kappa shape index (κ1) is 16.5. The van der Waals surface area contributed by atoms with E-state index in [9.17, 15) is 9.18 Å². The minimum absolute atomic E-state index is 0.148. The summed E-state index contributed by atoms with van der Waals surface area (Å²) in [7, 11) is 0. The molecule has 0 radical (unpaired) electrons. The Morgan fingerprint density at radius 2 is 2.09 bits per heavy atom. The number of halogens is 2. The highest BCUT2D eigenvalue weighted by Crippen LogP contribution is 2.23. The highest BCUT2D eigenvalue weighted by atomic mass is 35.5. The molecule has 2 rings (SSSR count). The zero-order valence-electron chi connectivity index (χ0n) is 12.3. The lowest BCUT2D eigenvalue weighted by atomic mass is 10.2. The fourth-order valence-electron chi connectivity index (χ4n) is 2.04. The predicted octanol–water partition coefficient (Wildman–Crippen LogP) is 2.47. The van der Waals surface area contributed by atoms with Gasteiger partial charge in [-0.2, -0.15) is 5.10 Å². The van der Waals surface area contributed by atoms with E-state index in [0.29, 0.717) is 17.8 Å². The van der Waals surface area contributed by atoms with E-state index in [1.807, 2.05) is 6.92 Å². The topological polar surface area (TPSA) is 67.2 Å². The van der Waals surface area contributed by atoms with Crippen molar-refractivity contribution in [1.82, 2.24) is 15.1 Å². The van der Waals surface area contributed by atoms with Crippen LogP contribution in [-0.2, 0) is 0 Å². The molecule has 22 heavy (non-hydrogen) atoms. The van der Waals surface area contributed by atoms with Crippen molar-refractivity contribution in [2.45, 2.75) is 26.3 Å². The molecule has 2 aromatic rings. The van der Waals surface area contributed by atoms with Crippen LogP contribution in [-0.4, -0.2) is 33.4 Å². The van der Waals surface area contributed by atoms with E-state index < -0.39 is 5.91 Å². The van der Waals surface area contributed by atoms with E-state index in [-0.39, 0.29) is 29.2 Å². The van der Waals surface area contributed by atoms with E-state index >= 15 is 0 Å². The molecule has 1 heterocycles. The van der Waals surface area contributed by atoms with Crippen LogP contribution in [0.25, 0.3) is 5.69 Å². The molecule has 0 saturated carbocycles. The highest BCUT2D eigenvalue weighted by molar-refractivity contribution is 6.33.